The molecule has 0 fully saturated rings. The van der Waals surface area contributed by atoms with Crippen molar-refractivity contribution in [2.75, 3.05) is 5.32 Å². The Bertz CT molecular complexity index is 514. The van der Waals surface area contributed by atoms with Gasteiger partial charge in [0.25, 0.3) is 0 Å². The molecule has 0 radical (unpaired) electrons. The first kappa shape index (κ1) is 13.7. The third-order valence-electron chi connectivity index (χ3n) is 3.27. The maximum atomic E-state index is 4.41. The molecule has 1 aromatic carbocycles. The Morgan fingerprint density at radius 2 is 2.16 bits per heavy atom. The first-order chi connectivity index (χ1) is 9.20. The summed E-state index contributed by atoms with van der Waals surface area (Å²) in [6, 6.07) is 8.61. The summed E-state index contributed by atoms with van der Waals surface area (Å²) in [5.41, 5.74) is 2.53. The van der Waals surface area contributed by atoms with E-state index in [0.717, 1.165) is 31.0 Å². The number of hydrogen-bond acceptors (Lipinski definition) is 2. The maximum Gasteiger partial charge on any atom is 0.128 e. The molecule has 2 rings (SSSR count). The molecule has 3 nitrogen and oxygen atoms in total. The molecule has 0 bridgehead atoms. The van der Waals surface area contributed by atoms with Crippen molar-refractivity contribution < 1.29 is 0 Å². The topological polar surface area (TPSA) is 29.9 Å². The average Bonchev–Trinajstić information content (AvgIpc) is 2.85. The zero-order chi connectivity index (χ0) is 13.7. The van der Waals surface area contributed by atoms with Crippen molar-refractivity contribution in [3.05, 3.63) is 48.0 Å². The Hall–Kier alpha value is -1.77. The summed E-state index contributed by atoms with van der Waals surface area (Å²) in [4.78, 5) is 4.41. The molecule has 0 aliphatic carbocycles. The fraction of sp³-hybridized carbons (Fsp3) is 0.438. The number of aryl methyl sites for hydroxylation is 1. The molecule has 0 saturated carbocycles. The van der Waals surface area contributed by atoms with Gasteiger partial charge in [0.1, 0.15) is 5.82 Å². The second-order valence-corrected chi connectivity index (χ2v) is 5.17. The van der Waals surface area contributed by atoms with Crippen LogP contribution in [0.25, 0.3) is 0 Å². The first-order valence-electron chi connectivity index (χ1n) is 7.04. The van der Waals surface area contributed by atoms with E-state index >= 15 is 0 Å². The predicted octanol–water partition coefficient (Wildman–Crippen LogP) is 4.03. The molecule has 0 aliphatic heterocycles. The Kier molecular flexibility index (Phi) is 4.61. The number of rotatable bonds is 6. The Morgan fingerprint density at radius 3 is 2.89 bits per heavy atom. The molecule has 0 atom stereocenters. The Labute approximate surface area is 115 Å². The molecule has 0 aliphatic rings. The minimum absolute atomic E-state index is 0.559. The summed E-state index contributed by atoms with van der Waals surface area (Å²) in [5, 5.41) is 3.46. The molecule has 1 heterocycles. The maximum absolute atomic E-state index is 4.41. The predicted molar refractivity (Wildman–Crippen MR) is 80.4 cm³/mol. The van der Waals surface area contributed by atoms with Crippen LogP contribution < -0.4 is 5.32 Å². The molecule has 0 saturated heterocycles. The molecule has 1 N–H and O–H groups in total. The third-order valence-corrected chi connectivity index (χ3v) is 3.27. The minimum atomic E-state index is 0.559. The van der Waals surface area contributed by atoms with Gasteiger partial charge in [0.2, 0.25) is 0 Å². The number of imidazole rings is 1. The standard InChI is InChI=1S/C16H23N3/c1-4-9-19-10-8-17-16(19)12-18-15-7-5-6-14(11-15)13(2)3/h5-8,10-11,13,18H,4,9,12H2,1-3H3. The summed E-state index contributed by atoms with van der Waals surface area (Å²) in [6.45, 7) is 8.42. The molecule has 1 aromatic heterocycles. The zero-order valence-corrected chi connectivity index (χ0v) is 12.1. The van der Waals surface area contributed by atoms with Crippen LogP contribution in [0.5, 0.6) is 0 Å². The van der Waals surface area contributed by atoms with Crippen LogP contribution in [0.15, 0.2) is 36.7 Å². The van der Waals surface area contributed by atoms with Gasteiger partial charge in [-0.05, 0) is 30.0 Å². The van der Waals surface area contributed by atoms with Crippen molar-refractivity contribution in [3.8, 4) is 0 Å². The number of benzene rings is 1. The van der Waals surface area contributed by atoms with E-state index in [1.165, 1.54) is 5.56 Å². The lowest BCUT2D eigenvalue weighted by Crippen LogP contribution is -2.08. The van der Waals surface area contributed by atoms with Gasteiger partial charge >= 0.3 is 0 Å². The van der Waals surface area contributed by atoms with Gasteiger partial charge in [0.05, 0.1) is 6.54 Å². The molecule has 0 unspecified atom stereocenters. The number of anilines is 1. The zero-order valence-electron chi connectivity index (χ0n) is 12.1. The van der Waals surface area contributed by atoms with Gasteiger partial charge in [-0.15, -0.1) is 0 Å². The van der Waals surface area contributed by atoms with Crippen LogP contribution in [0.2, 0.25) is 0 Å². The van der Waals surface area contributed by atoms with Crippen LogP contribution in [0, 0.1) is 0 Å². The van der Waals surface area contributed by atoms with Crippen LogP contribution in [0.3, 0.4) is 0 Å². The van der Waals surface area contributed by atoms with E-state index in [-0.39, 0.29) is 0 Å². The van der Waals surface area contributed by atoms with E-state index in [2.05, 4.69) is 59.9 Å². The molecule has 0 amide bonds. The number of aromatic nitrogens is 2. The van der Waals surface area contributed by atoms with Gasteiger partial charge in [-0.3, -0.25) is 0 Å². The average molecular weight is 257 g/mol. The summed E-state index contributed by atoms with van der Waals surface area (Å²) in [6.07, 6.45) is 5.05. The second-order valence-electron chi connectivity index (χ2n) is 5.17. The van der Waals surface area contributed by atoms with Gasteiger partial charge in [0.15, 0.2) is 0 Å². The van der Waals surface area contributed by atoms with Crippen molar-refractivity contribution in [2.24, 2.45) is 0 Å². The van der Waals surface area contributed by atoms with Crippen LogP contribution in [0.1, 0.15) is 44.5 Å². The SMILES string of the molecule is CCCn1ccnc1CNc1cccc(C(C)C)c1. The van der Waals surface area contributed by atoms with Crippen molar-refractivity contribution >= 4 is 5.69 Å². The highest BCUT2D eigenvalue weighted by Gasteiger charge is 2.03. The van der Waals surface area contributed by atoms with Gasteiger partial charge < -0.3 is 9.88 Å². The molecule has 2 aromatic rings. The van der Waals surface area contributed by atoms with Gasteiger partial charge in [-0.25, -0.2) is 4.98 Å². The van der Waals surface area contributed by atoms with Crippen molar-refractivity contribution in [2.45, 2.75) is 46.2 Å². The number of nitrogens with one attached hydrogen (secondary N) is 1. The van der Waals surface area contributed by atoms with Crippen molar-refractivity contribution in [1.82, 2.24) is 9.55 Å². The second kappa shape index (κ2) is 6.41. The quantitative estimate of drug-likeness (QED) is 0.846. The molecular formula is C16H23N3. The highest BCUT2D eigenvalue weighted by Crippen LogP contribution is 2.18. The Balaban J connectivity index is 2.02. The van der Waals surface area contributed by atoms with Crippen LogP contribution in [-0.2, 0) is 13.1 Å². The van der Waals surface area contributed by atoms with E-state index in [0.29, 0.717) is 5.92 Å². The number of nitrogens with zero attached hydrogens (tertiary/aromatic N) is 2. The summed E-state index contributed by atoms with van der Waals surface area (Å²) < 4.78 is 2.21. The lowest BCUT2D eigenvalue weighted by atomic mass is 10.0. The molecule has 102 valence electrons. The highest BCUT2D eigenvalue weighted by molar-refractivity contribution is 5.46. The normalized spacial score (nSPS) is 10.9. The van der Waals surface area contributed by atoms with E-state index in [1.807, 2.05) is 12.4 Å². The third kappa shape index (κ3) is 3.60. The molecule has 3 heteroatoms. The van der Waals surface area contributed by atoms with Gasteiger partial charge in [-0.1, -0.05) is 32.9 Å². The first-order valence-corrected chi connectivity index (χ1v) is 7.04. The summed E-state index contributed by atoms with van der Waals surface area (Å²) in [5.74, 6) is 1.65. The number of hydrogen-bond donors (Lipinski definition) is 1. The fourth-order valence-corrected chi connectivity index (χ4v) is 2.14. The van der Waals surface area contributed by atoms with Crippen LogP contribution in [0.4, 0.5) is 5.69 Å². The van der Waals surface area contributed by atoms with Crippen LogP contribution >= 0.6 is 0 Å². The van der Waals surface area contributed by atoms with Gasteiger partial charge in [-0.2, -0.15) is 0 Å². The van der Waals surface area contributed by atoms with E-state index in [9.17, 15) is 0 Å². The van der Waals surface area contributed by atoms with Crippen molar-refractivity contribution in [1.29, 1.82) is 0 Å². The highest BCUT2D eigenvalue weighted by atomic mass is 15.1. The monoisotopic (exact) mass is 257 g/mol. The lowest BCUT2D eigenvalue weighted by Gasteiger charge is -2.11. The smallest absolute Gasteiger partial charge is 0.128 e. The van der Waals surface area contributed by atoms with E-state index < -0.39 is 0 Å². The Morgan fingerprint density at radius 1 is 1.32 bits per heavy atom. The molecular weight excluding hydrogens is 234 g/mol. The van der Waals surface area contributed by atoms with Crippen molar-refractivity contribution in [3.63, 3.8) is 0 Å². The van der Waals surface area contributed by atoms with E-state index in [4.69, 9.17) is 0 Å². The molecule has 19 heavy (non-hydrogen) atoms. The van der Waals surface area contributed by atoms with Gasteiger partial charge in [0, 0.05) is 24.6 Å². The lowest BCUT2D eigenvalue weighted by molar-refractivity contribution is 0.644. The summed E-state index contributed by atoms with van der Waals surface area (Å²) >= 11 is 0. The largest absolute Gasteiger partial charge is 0.378 e. The fourth-order valence-electron chi connectivity index (χ4n) is 2.14. The van der Waals surface area contributed by atoms with Crippen LogP contribution in [-0.4, -0.2) is 9.55 Å². The minimum Gasteiger partial charge on any atom is -0.378 e. The van der Waals surface area contributed by atoms with E-state index in [1.54, 1.807) is 0 Å². The molecule has 0 spiro atoms. The summed E-state index contributed by atoms with van der Waals surface area (Å²) in [7, 11) is 0.